The van der Waals surface area contributed by atoms with E-state index in [2.05, 4.69) is 0 Å². The maximum atomic E-state index is 11.5. The molecule has 0 aromatic carbocycles. The predicted octanol–water partition coefficient (Wildman–Crippen LogP) is -0.112. The SMILES string of the molecule is CSC1=C(C(=O)O)N2C(=O)C(N)[C@@H]2SC1. The number of carbonyl (C=O) groups is 2. The number of aliphatic carboxylic acids is 1. The van der Waals surface area contributed by atoms with Crippen molar-refractivity contribution >= 4 is 35.4 Å². The number of hydrogen-bond acceptors (Lipinski definition) is 5. The summed E-state index contributed by atoms with van der Waals surface area (Å²) in [5, 5.41) is 8.86. The molecule has 0 bridgehead atoms. The average Bonchev–Trinajstić information content (AvgIpc) is 2.25. The Balaban J connectivity index is 2.38. The molecule has 0 aromatic rings. The third kappa shape index (κ3) is 1.45. The molecule has 2 heterocycles. The van der Waals surface area contributed by atoms with Gasteiger partial charge in [-0.2, -0.15) is 0 Å². The number of carbonyl (C=O) groups excluding carboxylic acids is 1. The fourth-order valence-electron chi connectivity index (χ4n) is 1.64. The number of nitrogens with zero attached hydrogens (tertiary/aromatic N) is 1. The van der Waals surface area contributed by atoms with E-state index in [-0.39, 0.29) is 17.0 Å². The fourth-order valence-corrected chi connectivity index (χ4v) is 3.84. The first-order valence-electron chi connectivity index (χ1n) is 4.28. The Kier molecular flexibility index (Phi) is 2.70. The van der Waals surface area contributed by atoms with E-state index in [0.717, 1.165) is 4.91 Å². The number of carboxylic acid groups (broad SMARTS) is 1. The van der Waals surface area contributed by atoms with Crippen LogP contribution < -0.4 is 5.73 Å². The summed E-state index contributed by atoms with van der Waals surface area (Å²) in [7, 11) is 0. The monoisotopic (exact) mass is 246 g/mol. The highest BCUT2D eigenvalue weighted by molar-refractivity contribution is 8.05. The van der Waals surface area contributed by atoms with Crippen LogP contribution in [0, 0.1) is 0 Å². The summed E-state index contributed by atoms with van der Waals surface area (Å²) in [4.78, 5) is 24.5. The van der Waals surface area contributed by atoms with Crippen molar-refractivity contribution in [1.82, 2.24) is 4.90 Å². The second-order valence-electron chi connectivity index (χ2n) is 3.22. The zero-order chi connectivity index (χ0) is 11.2. The van der Waals surface area contributed by atoms with Gasteiger partial charge in [-0.3, -0.25) is 9.69 Å². The highest BCUT2D eigenvalue weighted by atomic mass is 32.2. The van der Waals surface area contributed by atoms with Crippen LogP contribution in [0.1, 0.15) is 0 Å². The molecule has 0 aliphatic carbocycles. The van der Waals surface area contributed by atoms with E-state index in [1.807, 2.05) is 6.26 Å². The number of amides is 1. The number of hydrogen-bond donors (Lipinski definition) is 2. The summed E-state index contributed by atoms with van der Waals surface area (Å²) >= 11 is 2.89. The normalized spacial score (nSPS) is 30.0. The van der Waals surface area contributed by atoms with Crippen molar-refractivity contribution in [2.24, 2.45) is 5.73 Å². The molecule has 5 nitrogen and oxygen atoms in total. The third-order valence-electron chi connectivity index (χ3n) is 2.42. The lowest BCUT2D eigenvalue weighted by atomic mass is 10.1. The van der Waals surface area contributed by atoms with Crippen LogP contribution in [-0.4, -0.2) is 45.3 Å². The zero-order valence-electron chi connectivity index (χ0n) is 7.97. The zero-order valence-corrected chi connectivity index (χ0v) is 9.60. The van der Waals surface area contributed by atoms with Crippen molar-refractivity contribution < 1.29 is 14.7 Å². The summed E-state index contributed by atoms with van der Waals surface area (Å²) in [5.74, 6) is -0.730. The van der Waals surface area contributed by atoms with E-state index in [1.54, 1.807) is 0 Å². The largest absolute Gasteiger partial charge is 0.477 e. The second-order valence-corrected chi connectivity index (χ2v) is 5.22. The molecule has 0 spiro atoms. The highest BCUT2D eigenvalue weighted by Gasteiger charge is 2.51. The van der Waals surface area contributed by atoms with E-state index >= 15 is 0 Å². The molecule has 1 saturated heterocycles. The van der Waals surface area contributed by atoms with Gasteiger partial charge in [-0.1, -0.05) is 0 Å². The van der Waals surface area contributed by atoms with Crippen LogP contribution in [0.3, 0.4) is 0 Å². The molecule has 3 N–H and O–H groups in total. The molecule has 0 aromatic heterocycles. The number of rotatable bonds is 2. The molecule has 0 radical (unpaired) electrons. The smallest absolute Gasteiger partial charge is 0.353 e. The molecular formula is C8H10N2O3S2. The molecule has 2 aliphatic heterocycles. The molecule has 82 valence electrons. The molecule has 1 amide bonds. The van der Waals surface area contributed by atoms with Crippen LogP contribution in [0.2, 0.25) is 0 Å². The number of carboxylic acids is 1. The number of β-lactam (4-membered cyclic amide) rings is 1. The Bertz CT molecular complexity index is 369. The van der Waals surface area contributed by atoms with E-state index in [0.29, 0.717) is 5.75 Å². The van der Waals surface area contributed by atoms with E-state index in [1.165, 1.54) is 28.4 Å². The van der Waals surface area contributed by atoms with Gasteiger partial charge < -0.3 is 10.8 Å². The first kappa shape index (κ1) is 10.8. The molecule has 1 unspecified atom stereocenters. The van der Waals surface area contributed by atoms with Crippen LogP contribution in [0.5, 0.6) is 0 Å². The van der Waals surface area contributed by atoms with E-state index in [9.17, 15) is 9.59 Å². The van der Waals surface area contributed by atoms with Gasteiger partial charge in [-0.15, -0.1) is 23.5 Å². The quantitative estimate of drug-likeness (QED) is 0.661. The Morgan fingerprint density at radius 2 is 2.40 bits per heavy atom. The molecule has 2 atom stereocenters. The lowest BCUT2D eigenvalue weighted by Gasteiger charge is -2.47. The van der Waals surface area contributed by atoms with Gasteiger partial charge in [0.2, 0.25) is 5.91 Å². The number of thioether (sulfide) groups is 2. The van der Waals surface area contributed by atoms with Crippen molar-refractivity contribution in [2.45, 2.75) is 11.4 Å². The van der Waals surface area contributed by atoms with Crippen molar-refractivity contribution in [3.63, 3.8) is 0 Å². The molecular weight excluding hydrogens is 236 g/mol. The summed E-state index contributed by atoms with van der Waals surface area (Å²) in [6.07, 6.45) is 1.81. The lowest BCUT2D eigenvalue weighted by molar-refractivity contribution is -0.147. The Hall–Kier alpha value is -0.660. The van der Waals surface area contributed by atoms with E-state index in [4.69, 9.17) is 10.8 Å². The molecule has 0 saturated carbocycles. The van der Waals surface area contributed by atoms with Gasteiger partial charge in [0.1, 0.15) is 17.1 Å². The highest BCUT2D eigenvalue weighted by Crippen LogP contribution is 2.41. The number of fused-ring (bicyclic) bond motifs is 1. The topological polar surface area (TPSA) is 83.6 Å². The first-order valence-corrected chi connectivity index (χ1v) is 6.56. The van der Waals surface area contributed by atoms with E-state index < -0.39 is 12.0 Å². The lowest BCUT2D eigenvalue weighted by Crippen LogP contribution is -2.68. The Morgan fingerprint density at radius 3 is 2.93 bits per heavy atom. The molecule has 2 rings (SSSR count). The van der Waals surface area contributed by atoms with Gasteiger partial charge in [0, 0.05) is 10.7 Å². The van der Waals surface area contributed by atoms with Crippen LogP contribution in [0.15, 0.2) is 10.6 Å². The van der Waals surface area contributed by atoms with Gasteiger partial charge in [0.25, 0.3) is 0 Å². The minimum atomic E-state index is -1.05. The summed E-state index contributed by atoms with van der Waals surface area (Å²) in [6, 6.07) is -0.548. The summed E-state index contributed by atoms with van der Waals surface area (Å²) in [6.45, 7) is 0. The minimum absolute atomic E-state index is 0.109. The maximum Gasteiger partial charge on any atom is 0.353 e. The Morgan fingerprint density at radius 1 is 1.73 bits per heavy atom. The number of nitrogens with two attached hydrogens (primary N) is 1. The van der Waals surface area contributed by atoms with Gasteiger partial charge in [-0.05, 0) is 6.26 Å². The maximum absolute atomic E-state index is 11.5. The van der Waals surface area contributed by atoms with Crippen LogP contribution in [-0.2, 0) is 9.59 Å². The minimum Gasteiger partial charge on any atom is -0.477 e. The average molecular weight is 246 g/mol. The van der Waals surface area contributed by atoms with Gasteiger partial charge in [-0.25, -0.2) is 4.79 Å². The van der Waals surface area contributed by atoms with Crippen molar-refractivity contribution in [3.05, 3.63) is 10.6 Å². The van der Waals surface area contributed by atoms with Crippen molar-refractivity contribution in [3.8, 4) is 0 Å². The third-order valence-corrected chi connectivity index (χ3v) is 4.74. The Labute approximate surface area is 95.1 Å². The summed E-state index contributed by atoms with van der Waals surface area (Å²) < 4.78 is 0. The van der Waals surface area contributed by atoms with Gasteiger partial charge in [0.15, 0.2) is 0 Å². The van der Waals surface area contributed by atoms with Crippen LogP contribution in [0.4, 0.5) is 0 Å². The standard InChI is InChI=1S/C8H10N2O3S2/c1-14-3-2-15-7-4(9)6(11)10(7)5(3)8(12)13/h4,7H,2,9H2,1H3,(H,12,13)/t4?,7-/m0/s1. The first-order chi connectivity index (χ1) is 7.07. The predicted molar refractivity (Wildman–Crippen MR) is 59.2 cm³/mol. The molecule has 1 fully saturated rings. The van der Waals surface area contributed by atoms with Crippen molar-refractivity contribution in [2.75, 3.05) is 12.0 Å². The molecule has 7 heteroatoms. The van der Waals surface area contributed by atoms with Gasteiger partial charge in [0.05, 0.1) is 0 Å². The van der Waals surface area contributed by atoms with Crippen molar-refractivity contribution in [1.29, 1.82) is 0 Å². The van der Waals surface area contributed by atoms with Crippen LogP contribution >= 0.6 is 23.5 Å². The molecule has 2 aliphatic rings. The van der Waals surface area contributed by atoms with Crippen LogP contribution in [0.25, 0.3) is 0 Å². The fraction of sp³-hybridized carbons (Fsp3) is 0.500. The molecule has 15 heavy (non-hydrogen) atoms. The second kappa shape index (κ2) is 3.73. The summed E-state index contributed by atoms with van der Waals surface area (Å²) in [5.41, 5.74) is 5.70. The van der Waals surface area contributed by atoms with Gasteiger partial charge >= 0.3 is 5.97 Å².